The number of hydrogen-bond donors (Lipinski definition) is 2. The number of carbonyl (C=O) groups excluding carboxylic acids is 2. The lowest BCUT2D eigenvalue weighted by atomic mass is 10.1. The first-order valence-corrected chi connectivity index (χ1v) is 11.5. The van der Waals surface area contributed by atoms with E-state index in [0.717, 1.165) is 0 Å². The van der Waals surface area contributed by atoms with Crippen LogP contribution in [0.2, 0.25) is 15.1 Å². The fourth-order valence-corrected chi connectivity index (χ4v) is 3.62. The van der Waals surface area contributed by atoms with Crippen LogP contribution in [0, 0.1) is 11.3 Å². The number of rotatable bonds is 7. The zero-order valence-electron chi connectivity index (χ0n) is 17.2. The van der Waals surface area contributed by atoms with Crippen LogP contribution in [0.15, 0.2) is 70.7 Å². The van der Waals surface area contributed by atoms with Gasteiger partial charge in [-0.1, -0.05) is 40.9 Å². The molecule has 0 bridgehead atoms. The topological polar surface area (TPSA) is 91.2 Å². The van der Waals surface area contributed by atoms with Crippen LogP contribution in [-0.2, 0) is 9.59 Å². The maximum atomic E-state index is 12.4. The number of anilines is 2. The first-order chi connectivity index (χ1) is 16.2. The van der Waals surface area contributed by atoms with E-state index in [1.807, 2.05) is 6.07 Å². The summed E-state index contributed by atoms with van der Waals surface area (Å²) in [5.41, 5.74) is 1.50. The summed E-state index contributed by atoms with van der Waals surface area (Å²) in [6.07, 6.45) is 1.44. The van der Waals surface area contributed by atoms with Gasteiger partial charge in [0, 0.05) is 16.4 Å². The number of nitrogens with zero attached hydrogens (tertiary/aromatic N) is 1. The Balaban J connectivity index is 1.62. The molecule has 0 radical (unpaired) electrons. The van der Waals surface area contributed by atoms with Crippen molar-refractivity contribution in [2.24, 2.45) is 0 Å². The Hall–Kier alpha value is -3.02. The van der Waals surface area contributed by atoms with E-state index in [-0.39, 0.29) is 18.1 Å². The second-order valence-electron chi connectivity index (χ2n) is 6.79. The molecule has 0 aliphatic carbocycles. The van der Waals surface area contributed by atoms with Crippen LogP contribution in [0.25, 0.3) is 6.08 Å². The van der Waals surface area contributed by atoms with Gasteiger partial charge in [-0.05, 0) is 82.2 Å². The summed E-state index contributed by atoms with van der Waals surface area (Å²) in [6, 6.07) is 18.1. The zero-order chi connectivity index (χ0) is 24.7. The molecule has 2 N–H and O–H groups in total. The summed E-state index contributed by atoms with van der Waals surface area (Å²) in [6.45, 7) is -0.249. The highest BCUT2D eigenvalue weighted by Crippen LogP contribution is 2.28. The summed E-state index contributed by atoms with van der Waals surface area (Å²) in [5, 5.41) is 16.0. The Morgan fingerprint density at radius 1 is 0.941 bits per heavy atom. The van der Waals surface area contributed by atoms with Crippen molar-refractivity contribution < 1.29 is 14.3 Å². The normalized spacial score (nSPS) is 10.9. The Bertz CT molecular complexity index is 1310. The second-order valence-corrected chi connectivity index (χ2v) is 8.89. The number of carbonyl (C=O) groups is 2. The zero-order valence-corrected chi connectivity index (χ0v) is 21.1. The second kappa shape index (κ2) is 11.9. The monoisotopic (exact) mass is 577 g/mol. The van der Waals surface area contributed by atoms with Crippen molar-refractivity contribution in [3.05, 3.63) is 91.3 Å². The lowest BCUT2D eigenvalue weighted by Gasteiger charge is -2.10. The van der Waals surface area contributed by atoms with Gasteiger partial charge in [-0.2, -0.15) is 5.26 Å². The molecule has 6 nitrogen and oxygen atoms in total. The molecule has 34 heavy (non-hydrogen) atoms. The molecule has 3 rings (SSSR count). The van der Waals surface area contributed by atoms with Crippen LogP contribution >= 0.6 is 50.7 Å². The van der Waals surface area contributed by atoms with Crippen molar-refractivity contribution in [2.75, 3.05) is 17.2 Å². The minimum Gasteiger partial charge on any atom is -0.483 e. The van der Waals surface area contributed by atoms with Crippen molar-refractivity contribution in [2.45, 2.75) is 0 Å². The molecular formula is C24H15BrCl3N3O3. The van der Waals surface area contributed by atoms with Gasteiger partial charge in [0.2, 0.25) is 0 Å². The van der Waals surface area contributed by atoms with Gasteiger partial charge in [0.05, 0.1) is 14.5 Å². The number of amides is 2. The summed E-state index contributed by atoms with van der Waals surface area (Å²) in [4.78, 5) is 24.6. The van der Waals surface area contributed by atoms with Crippen molar-refractivity contribution >= 4 is 80.0 Å². The van der Waals surface area contributed by atoms with Crippen LogP contribution in [0.3, 0.4) is 0 Å². The Kier molecular flexibility index (Phi) is 8.97. The minimum atomic E-state index is -0.555. The number of hydrogen-bond acceptors (Lipinski definition) is 4. The Morgan fingerprint density at radius 2 is 1.65 bits per heavy atom. The van der Waals surface area contributed by atoms with E-state index in [1.54, 1.807) is 54.6 Å². The molecule has 172 valence electrons. The number of nitriles is 1. The maximum absolute atomic E-state index is 12.4. The highest BCUT2D eigenvalue weighted by Gasteiger charge is 2.12. The molecule has 3 aromatic carbocycles. The van der Waals surface area contributed by atoms with Gasteiger partial charge >= 0.3 is 0 Å². The third-order valence-corrected chi connectivity index (χ3v) is 5.91. The molecule has 0 heterocycles. The van der Waals surface area contributed by atoms with Crippen LogP contribution in [0.1, 0.15) is 5.56 Å². The average molecular weight is 580 g/mol. The number of benzene rings is 3. The molecule has 0 saturated heterocycles. The predicted molar refractivity (Wildman–Crippen MR) is 138 cm³/mol. The third-order valence-electron chi connectivity index (χ3n) is 4.30. The quantitative estimate of drug-likeness (QED) is 0.234. The highest BCUT2D eigenvalue weighted by atomic mass is 79.9. The maximum Gasteiger partial charge on any atom is 0.266 e. The smallest absolute Gasteiger partial charge is 0.266 e. The number of nitrogens with one attached hydrogen (secondary N) is 2. The molecule has 0 aromatic heterocycles. The largest absolute Gasteiger partial charge is 0.483 e. The van der Waals surface area contributed by atoms with E-state index < -0.39 is 5.91 Å². The SMILES string of the molecule is N#C/C(=C/c1ccc(OCC(=O)Nc2ccc(Cl)c(Cl)c2)c(Br)c1)C(=O)Nc1ccc(Cl)cc1. The molecule has 0 aliphatic heterocycles. The molecule has 10 heteroatoms. The molecule has 2 amide bonds. The van der Waals surface area contributed by atoms with E-state index in [4.69, 9.17) is 39.5 Å². The molecule has 0 saturated carbocycles. The van der Waals surface area contributed by atoms with Gasteiger partial charge in [-0.15, -0.1) is 0 Å². The average Bonchev–Trinajstić information content (AvgIpc) is 2.80. The summed E-state index contributed by atoms with van der Waals surface area (Å²) in [5.74, 6) is -0.536. The van der Waals surface area contributed by atoms with E-state index >= 15 is 0 Å². The minimum absolute atomic E-state index is 0.0866. The van der Waals surface area contributed by atoms with Crippen LogP contribution in [0.5, 0.6) is 5.75 Å². The van der Waals surface area contributed by atoms with E-state index in [9.17, 15) is 14.9 Å². The van der Waals surface area contributed by atoms with Crippen LogP contribution in [0.4, 0.5) is 11.4 Å². The fourth-order valence-electron chi connectivity index (χ4n) is 2.69. The van der Waals surface area contributed by atoms with Crippen molar-refractivity contribution in [3.63, 3.8) is 0 Å². The number of halogens is 4. The highest BCUT2D eigenvalue weighted by molar-refractivity contribution is 9.10. The van der Waals surface area contributed by atoms with Gasteiger partial charge in [0.15, 0.2) is 6.61 Å². The van der Waals surface area contributed by atoms with E-state index in [2.05, 4.69) is 26.6 Å². The fraction of sp³-hybridized carbons (Fsp3) is 0.0417. The van der Waals surface area contributed by atoms with Gasteiger partial charge < -0.3 is 15.4 Å². The van der Waals surface area contributed by atoms with Gasteiger partial charge in [0.25, 0.3) is 11.8 Å². The third kappa shape index (κ3) is 7.24. The number of ether oxygens (including phenoxy) is 1. The summed E-state index contributed by atoms with van der Waals surface area (Å²) in [7, 11) is 0. The van der Waals surface area contributed by atoms with Crippen LogP contribution < -0.4 is 15.4 Å². The lowest BCUT2D eigenvalue weighted by Crippen LogP contribution is -2.20. The molecule has 0 aliphatic rings. The Morgan fingerprint density at radius 3 is 2.29 bits per heavy atom. The molecular weight excluding hydrogens is 565 g/mol. The predicted octanol–water partition coefficient (Wildman–Crippen LogP) is 6.97. The molecule has 0 atom stereocenters. The summed E-state index contributed by atoms with van der Waals surface area (Å²) < 4.78 is 6.09. The van der Waals surface area contributed by atoms with Gasteiger partial charge in [-0.3, -0.25) is 9.59 Å². The van der Waals surface area contributed by atoms with Gasteiger partial charge in [-0.25, -0.2) is 0 Å². The van der Waals surface area contributed by atoms with Crippen LogP contribution in [-0.4, -0.2) is 18.4 Å². The Labute approximate surface area is 219 Å². The van der Waals surface area contributed by atoms with Crippen molar-refractivity contribution in [1.29, 1.82) is 5.26 Å². The first-order valence-electron chi connectivity index (χ1n) is 9.61. The molecule has 0 unspecified atom stereocenters. The lowest BCUT2D eigenvalue weighted by molar-refractivity contribution is -0.118. The standard InChI is InChI=1S/C24H15BrCl3N3O3/c25-19-10-14(9-15(12-29)24(33)31-17-4-2-16(26)3-5-17)1-8-22(19)34-13-23(32)30-18-6-7-20(27)21(28)11-18/h1-11H,13H2,(H,30,32)(H,31,33)/b15-9-. The molecule has 0 fully saturated rings. The van der Waals surface area contributed by atoms with Gasteiger partial charge in [0.1, 0.15) is 17.4 Å². The van der Waals surface area contributed by atoms with Crippen molar-refractivity contribution in [3.8, 4) is 11.8 Å². The first kappa shape index (κ1) is 25.6. The van der Waals surface area contributed by atoms with E-state index in [1.165, 1.54) is 12.1 Å². The van der Waals surface area contributed by atoms with Crippen molar-refractivity contribution in [1.82, 2.24) is 0 Å². The summed E-state index contributed by atoms with van der Waals surface area (Å²) >= 11 is 21.0. The van der Waals surface area contributed by atoms with E-state index in [0.29, 0.717) is 42.2 Å². The molecule has 0 spiro atoms. The molecule has 3 aromatic rings.